The highest BCUT2D eigenvalue weighted by Gasteiger charge is 2.21. The molecule has 0 spiro atoms. The molecule has 0 saturated heterocycles. The van der Waals surface area contributed by atoms with Crippen molar-refractivity contribution < 1.29 is 15.3 Å². The Morgan fingerprint density at radius 1 is 1.25 bits per heavy atom. The number of nitrogens with one attached hydrogen (secondary N) is 1. The molecule has 3 rings (SSSR count). The Kier molecular flexibility index (Phi) is 7.65. The first kappa shape index (κ1) is 20.6. The molecule has 0 atom stereocenters. The second-order valence-electron chi connectivity index (χ2n) is 6.85. The molecular weight excluding hydrogens is 377 g/mol. The molecule has 1 heterocycles. The molecule has 152 valence electrons. The van der Waals surface area contributed by atoms with E-state index in [2.05, 4.69) is 22.2 Å². The summed E-state index contributed by atoms with van der Waals surface area (Å²) in [6.07, 6.45) is 6.02. The molecule has 0 aliphatic heterocycles. The van der Waals surface area contributed by atoms with Crippen molar-refractivity contribution in [3.05, 3.63) is 46.9 Å². The highest BCUT2D eigenvalue weighted by atomic mass is 32.2. The maximum atomic E-state index is 13.0. The zero-order chi connectivity index (χ0) is 19.8. The molecular formula is C21H28FN3O2S. The number of nitrogens with zero attached hydrogens (tertiary/aromatic N) is 2. The summed E-state index contributed by atoms with van der Waals surface area (Å²) in [5.74, 6) is 0.803. The van der Waals surface area contributed by atoms with Crippen molar-refractivity contribution in [3.8, 4) is 5.88 Å². The minimum Gasteiger partial charge on any atom is -0.467 e. The highest BCUT2D eigenvalue weighted by Crippen LogP contribution is 2.31. The third kappa shape index (κ3) is 5.92. The van der Waals surface area contributed by atoms with Crippen LogP contribution < -0.4 is 10.1 Å². The lowest BCUT2D eigenvalue weighted by molar-refractivity contribution is -0.123. The standard InChI is InChI=1S/C21H26FN3O2S.H2/c1-2-3-4-12-23-19(26)13-27-20-17-6-5-7-18(17)24-21(25-20)28-14-15-8-10-16(22)11-9-15;/h8-11H,2-7,12-14H2,1H3,(H,23,26);1H. The van der Waals surface area contributed by atoms with Gasteiger partial charge in [-0.3, -0.25) is 4.79 Å². The number of aromatic nitrogens is 2. The van der Waals surface area contributed by atoms with Gasteiger partial charge >= 0.3 is 0 Å². The zero-order valence-electron chi connectivity index (χ0n) is 16.2. The van der Waals surface area contributed by atoms with Crippen LogP contribution in [0, 0.1) is 5.82 Å². The first-order valence-electron chi connectivity index (χ1n) is 9.82. The van der Waals surface area contributed by atoms with Crippen LogP contribution in [0.2, 0.25) is 0 Å². The van der Waals surface area contributed by atoms with Crippen LogP contribution >= 0.6 is 11.8 Å². The van der Waals surface area contributed by atoms with Crippen LogP contribution in [-0.4, -0.2) is 29.0 Å². The number of amides is 1. The van der Waals surface area contributed by atoms with Crippen molar-refractivity contribution in [1.82, 2.24) is 15.3 Å². The number of thioether (sulfide) groups is 1. The van der Waals surface area contributed by atoms with Gasteiger partial charge in [-0.1, -0.05) is 43.7 Å². The average molecular weight is 406 g/mol. The van der Waals surface area contributed by atoms with Gasteiger partial charge in [-0.25, -0.2) is 9.37 Å². The number of carbonyl (C=O) groups excluding carboxylic acids is 1. The summed E-state index contributed by atoms with van der Waals surface area (Å²) < 4.78 is 18.8. The topological polar surface area (TPSA) is 64.1 Å². The molecule has 5 nitrogen and oxygen atoms in total. The monoisotopic (exact) mass is 405 g/mol. The fourth-order valence-corrected chi connectivity index (χ4v) is 3.89. The SMILES string of the molecule is CCCCCNC(=O)COc1nc(SCc2ccc(F)cc2)nc2c1CCC2.[HH]. The van der Waals surface area contributed by atoms with E-state index < -0.39 is 0 Å². The summed E-state index contributed by atoms with van der Waals surface area (Å²) in [5.41, 5.74) is 3.03. The third-order valence-corrected chi connectivity index (χ3v) is 5.52. The van der Waals surface area contributed by atoms with E-state index in [1.807, 2.05) is 0 Å². The van der Waals surface area contributed by atoms with Crippen LogP contribution in [0.5, 0.6) is 5.88 Å². The normalized spacial score (nSPS) is 12.6. The minimum atomic E-state index is -0.244. The van der Waals surface area contributed by atoms with Crippen molar-refractivity contribution in [3.63, 3.8) is 0 Å². The van der Waals surface area contributed by atoms with Gasteiger partial charge in [0.15, 0.2) is 11.8 Å². The summed E-state index contributed by atoms with van der Waals surface area (Å²) >= 11 is 1.49. The number of fused-ring (bicyclic) bond motifs is 1. The van der Waals surface area contributed by atoms with E-state index in [9.17, 15) is 9.18 Å². The van der Waals surface area contributed by atoms with Crippen LogP contribution in [0.3, 0.4) is 0 Å². The Balaban J connectivity index is 0.00000300. The number of rotatable bonds is 10. The second-order valence-corrected chi connectivity index (χ2v) is 7.79. The number of unbranched alkanes of at least 4 members (excludes halogenated alkanes) is 2. The lowest BCUT2D eigenvalue weighted by Gasteiger charge is -2.11. The highest BCUT2D eigenvalue weighted by molar-refractivity contribution is 7.98. The van der Waals surface area contributed by atoms with Gasteiger partial charge in [0.1, 0.15) is 5.82 Å². The Bertz CT molecular complexity index is 805. The van der Waals surface area contributed by atoms with Crippen molar-refractivity contribution in [2.24, 2.45) is 0 Å². The molecule has 0 bridgehead atoms. The zero-order valence-corrected chi connectivity index (χ0v) is 17.0. The molecule has 0 unspecified atom stereocenters. The van der Waals surface area contributed by atoms with Crippen molar-refractivity contribution in [1.29, 1.82) is 0 Å². The fourth-order valence-electron chi connectivity index (χ4n) is 3.08. The molecule has 28 heavy (non-hydrogen) atoms. The molecule has 0 radical (unpaired) electrons. The quantitative estimate of drug-likeness (QED) is 0.362. The number of ether oxygens (including phenoxy) is 1. The van der Waals surface area contributed by atoms with Crippen LogP contribution in [0.1, 0.15) is 50.9 Å². The third-order valence-electron chi connectivity index (χ3n) is 4.60. The molecule has 1 amide bonds. The smallest absolute Gasteiger partial charge is 0.258 e. The molecule has 1 aliphatic rings. The number of carbonyl (C=O) groups is 1. The number of hydrogen-bond acceptors (Lipinski definition) is 5. The summed E-state index contributed by atoms with van der Waals surface area (Å²) in [7, 11) is 0. The first-order chi connectivity index (χ1) is 13.7. The van der Waals surface area contributed by atoms with Crippen molar-refractivity contribution in [2.75, 3.05) is 13.2 Å². The van der Waals surface area contributed by atoms with Crippen molar-refractivity contribution in [2.45, 2.75) is 56.4 Å². The van der Waals surface area contributed by atoms with Gasteiger partial charge in [-0.05, 0) is 43.4 Å². The van der Waals surface area contributed by atoms with Crippen LogP contribution in [0.15, 0.2) is 29.4 Å². The Hall–Kier alpha value is -2.15. The average Bonchev–Trinajstić information content (AvgIpc) is 3.18. The van der Waals surface area contributed by atoms with E-state index in [-0.39, 0.29) is 19.8 Å². The number of aryl methyl sites for hydroxylation is 1. The van der Waals surface area contributed by atoms with Gasteiger partial charge < -0.3 is 10.1 Å². The molecule has 7 heteroatoms. The summed E-state index contributed by atoms with van der Waals surface area (Å²) in [6.45, 7) is 2.78. The molecule has 2 aromatic rings. The van der Waals surface area contributed by atoms with Gasteiger partial charge in [0, 0.05) is 19.3 Å². The molecule has 1 N–H and O–H groups in total. The van der Waals surface area contributed by atoms with Gasteiger partial charge in [-0.15, -0.1) is 0 Å². The van der Waals surface area contributed by atoms with E-state index in [1.165, 1.54) is 23.9 Å². The second kappa shape index (κ2) is 10.4. The van der Waals surface area contributed by atoms with Crippen molar-refractivity contribution >= 4 is 17.7 Å². The number of hydrogen-bond donors (Lipinski definition) is 1. The van der Waals surface area contributed by atoms with E-state index in [4.69, 9.17) is 4.74 Å². The van der Waals surface area contributed by atoms with E-state index in [0.717, 1.165) is 55.3 Å². The lowest BCUT2D eigenvalue weighted by Crippen LogP contribution is -2.30. The maximum absolute atomic E-state index is 13.0. The summed E-state index contributed by atoms with van der Waals surface area (Å²) in [6, 6.07) is 6.42. The molecule has 1 aliphatic carbocycles. The Labute approximate surface area is 171 Å². The number of halogens is 1. The minimum absolute atomic E-state index is 0. The van der Waals surface area contributed by atoms with E-state index in [1.54, 1.807) is 12.1 Å². The molecule has 1 aromatic heterocycles. The van der Waals surface area contributed by atoms with Crippen LogP contribution in [0.25, 0.3) is 0 Å². The summed E-state index contributed by atoms with van der Waals surface area (Å²) in [4.78, 5) is 21.2. The Morgan fingerprint density at radius 2 is 2.07 bits per heavy atom. The lowest BCUT2D eigenvalue weighted by atomic mass is 10.2. The van der Waals surface area contributed by atoms with Crippen LogP contribution in [-0.2, 0) is 23.4 Å². The molecule has 1 aromatic carbocycles. The van der Waals surface area contributed by atoms with E-state index >= 15 is 0 Å². The van der Waals surface area contributed by atoms with Crippen LogP contribution in [0.4, 0.5) is 4.39 Å². The largest absolute Gasteiger partial charge is 0.467 e. The summed E-state index contributed by atoms with van der Waals surface area (Å²) in [5, 5.41) is 3.51. The first-order valence-corrected chi connectivity index (χ1v) is 10.8. The maximum Gasteiger partial charge on any atom is 0.258 e. The number of benzene rings is 1. The molecule has 0 saturated carbocycles. The fraction of sp³-hybridized carbons (Fsp3) is 0.476. The Morgan fingerprint density at radius 3 is 2.86 bits per heavy atom. The predicted octanol–water partition coefficient (Wildman–Crippen LogP) is 4.33. The van der Waals surface area contributed by atoms with Gasteiger partial charge in [0.25, 0.3) is 5.91 Å². The predicted molar refractivity (Wildman–Crippen MR) is 110 cm³/mol. The molecule has 0 fully saturated rings. The van der Waals surface area contributed by atoms with E-state index in [0.29, 0.717) is 23.3 Å². The van der Waals surface area contributed by atoms with Gasteiger partial charge in [0.05, 0.1) is 5.69 Å². The van der Waals surface area contributed by atoms with Gasteiger partial charge in [0.2, 0.25) is 5.88 Å². The van der Waals surface area contributed by atoms with Gasteiger partial charge in [-0.2, -0.15) is 4.98 Å².